The van der Waals surface area contributed by atoms with Crippen LogP contribution in [0.4, 0.5) is 0 Å². The quantitative estimate of drug-likeness (QED) is 0.792. The number of rotatable bonds is 3. The van der Waals surface area contributed by atoms with E-state index in [-0.39, 0.29) is 5.91 Å². The van der Waals surface area contributed by atoms with E-state index in [4.69, 9.17) is 4.74 Å². The molecule has 3 rings (SSSR count). The minimum atomic E-state index is -0.185. The molecule has 0 aliphatic rings. The first kappa shape index (κ1) is 12.6. The number of methoxy groups -OCH3 is 1. The maximum atomic E-state index is 11.7. The summed E-state index contributed by atoms with van der Waals surface area (Å²) in [5.41, 5.74) is 2.45. The molecule has 0 aliphatic carbocycles. The van der Waals surface area contributed by atoms with Crippen molar-refractivity contribution in [2.24, 2.45) is 0 Å². The molecule has 0 aliphatic heterocycles. The zero-order chi connectivity index (χ0) is 14.1. The Hall–Kier alpha value is -2.40. The van der Waals surface area contributed by atoms with Gasteiger partial charge in [-0.25, -0.2) is 4.98 Å². The molecular formula is C15H15N3O2. The Morgan fingerprint density at radius 1 is 1.30 bits per heavy atom. The summed E-state index contributed by atoms with van der Waals surface area (Å²) in [6.07, 6.45) is 1.72. The zero-order valence-corrected chi connectivity index (χ0v) is 11.4. The van der Waals surface area contributed by atoms with E-state index in [0.717, 1.165) is 21.8 Å². The van der Waals surface area contributed by atoms with Crippen molar-refractivity contribution in [2.45, 2.75) is 6.73 Å². The van der Waals surface area contributed by atoms with Crippen LogP contribution in [0, 0.1) is 0 Å². The lowest BCUT2D eigenvalue weighted by Crippen LogP contribution is -2.19. The van der Waals surface area contributed by atoms with Crippen LogP contribution in [0.15, 0.2) is 36.5 Å². The zero-order valence-electron chi connectivity index (χ0n) is 11.4. The summed E-state index contributed by atoms with van der Waals surface area (Å²) in [5, 5.41) is 4.69. The Balaban J connectivity index is 2.34. The first-order valence-electron chi connectivity index (χ1n) is 6.34. The van der Waals surface area contributed by atoms with Crippen LogP contribution in [0.3, 0.4) is 0 Å². The van der Waals surface area contributed by atoms with Gasteiger partial charge < -0.3 is 14.6 Å². The Morgan fingerprint density at radius 3 is 2.85 bits per heavy atom. The number of amides is 1. The molecule has 0 saturated heterocycles. The van der Waals surface area contributed by atoms with Gasteiger partial charge in [-0.05, 0) is 12.1 Å². The van der Waals surface area contributed by atoms with Gasteiger partial charge in [-0.1, -0.05) is 18.2 Å². The summed E-state index contributed by atoms with van der Waals surface area (Å²) < 4.78 is 7.30. The number of carbonyl (C=O) groups excluding carboxylic acids is 1. The molecule has 20 heavy (non-hydrogen) atoms. The standard InChI is InChI=1S/C15H15N3O2/c1-16-15(19)12-7-11-10-5-3-4-6-13(10)18(9-20-2)14(11)8-17-12/h3-8H,9H2,1-2H3,(H,16,19). The van der Waals surface area contributed by atoms with E-state index in [1.807, 2.05) is 34.9 Å². The van der Waals surface area contributed by atoms with Crippen LogP contribution in [-0.2, 0) is 11.5 Å². The van der Waals surface area contributed by atoms with Crippen molar-refractivity contribution in [3.05, 3.63) is 42.2 Å². The van der Waals surface area contributed by atoms with Crippen LogP contribution in [0.5, 0.6) is 0 Å². The second kappa shape index (κ2) is 4.94. The first-order chi connectivity index (χ1) is 9.76. The Kier molecular flexibility index (Phi) is 3.12. The van der Waals surface area contributed by atoms with Gasteiger partial charge >= 0.3 is 0 Å². The maximum Gasteiger partial charge on any atom is 0.269 e. The van der Waals surface area contributed by atoms with E-state index < -0.39 is 0 Å². The highest BCUT2D eigenvalue weighted by Gasteiger charge is 2.13. The normalized spacial score (nSPS) is 11.1. The molecule has 5 nitrogen and oxygen atoms in total. The topological polar surface area (TPSA) is 56.2 Å². The molecule has 2 heterocycles. The van der Waals surface area contributed by atoms with Crippen molar-refractivity contribution in [2.75, 3.05) is 14.2 Å². The third-order valence-corrected chi connectivity index (χ3v) is 3.38. The van der Waals surface area contributed by atoms with Gasteiger partial charge in [0.2, 0.25) is 0 Å². The third-order valence-electron chi connectivity index (χ3n) is 3.38. The van der Waals surface area contributed by atoms with E-state index in [2.05, 4.69) is 10.3 Å². The molecule has 5 heteroatoms. The summed E-state index contributed by atoms with van der Waals surface area (Å²) in [6, 6.07) is 9.87. The fourth-order valence-corrected chi connectivity index (χ4v) is 2.47. The lowest BCUT2D eigenvalue weighted by molar-refractivity contribution is 0.0958. The molecule has 102 valence electrons. The van der Waals surface area contributed by atoms with E-state index >= 15 is 0 Å². The molecule has 1 aromatic carbocycles. The number of para-hydroxylation sites is 1. The summed E-state index contributed by atoms with van der Waals surface area (Å²) >= 11 is 0. The largest absolute Gasteiger partial charge is 0.364 e. The number of hydrogen-bond donors (Lipinski definition) is 1. The number of nitrogens with one attached hydrogen (secondary N) is 1. The van der Waals surface area contributed by atoms with Crippen molar-refractivity contribution in [1.82, 2.24) is 14.9 Å². The molecule has 0 unspecified atom stereocenters. The van der Waals surface area contributed by atoms with Gasteiger partial charge in [-0.2, -0.15) is 0 Å². The Bertz CT molecular complexity index is 792. The molecule has 1 amide bonds. The average Bonchev–Trinajstić information content (AvgIpc) is 2.81. The van der Waals surface area contributed by atoms with Crippen LogP contribution in [0.25, 0.3) is 21.8 Å². The lowest BCUT2D eigenvalue weighted by Gasteiger charge is -2.05. The molecule has 1 N–H and O–H groups in total. The molecule has 3 aromatic rings. The van der Waals surface area contributed by atoms with Crippen molar-refractivity contribution < 1.29 is 9.53 Å². The molecule has 0 saturated carbocycles. The van der Waals surface area contributed by atoms with E-state index in [9.17, 15) is 4.79 Å². The smallest absolute Gasteiger partial charge is 0.269 e. The molecule has 0 radical (unpaired) electrons. The molecule has 0 spiro atoms. The predicted octanol–water partition coefficient (Wildman–Crippen LogP) is 2.15. The molecule has 0 atom stereocenters. The van der Waals surface area contributed by atoms with Gasteiger partial charge in [-0.3, -0.25) is 4.79 Å². The molecule has 0 bridgehead atoms. The predicted molar refractivity (Wildman–Crippen MR) is 77.6 cm³/mol. The van der Waals surface area contributed by atoms with Crippen LogP contribution < -0.4 is 5.32 Å². The van der Waals surface area contributed by atoms with Gasteiger partial charge in [0.05, 0.1) is 17.2 Å². The third kappa shape index (κ3) is 1.83. The number of ether oxygens (including phenoxy) is 1. The first-order valence-corrected chi connectivity index (χ1v) is 6.34. The highest BCUT2D eigenvalue weighted by molar-refractivity contribution is 6.09. The number of nitrogens with zero attached hydrogens (tertiary/aromatic N) is 2. The summed E-state index contributed by atoms with van der Waals surface area (Å²) in [6.45, 7) is 0.449. The molecule has 2 aromatic heterocycles. The fraction of sp³-hybridized carbons (Fsp3) is 0.200. The second-order valence-electron chi connectivity index (χ2n) is 4.53. The van der Waals surface area contributed by atoms with Crippen molar-refractivity contribution in [3.8, 4) is 0 Å². The SMILES string of the molecule is CNC(=O)c1cc2c3ccccc3n(COC)c2cn1. The van der Waals surface area contributed by atoms with Gasteiger partial charge in [-0.15, -0.1) is 0 Å². The van der Waals surface area contributed by atoms with Gasteiger partial charge in [0.1, 0.15) is 12.4 Å². The van der Waals surface area contributed by atoms with Crippen LogP contribution in [-0.4, -0.2) is 29.6 Å². The van der Waals surface area contributed by atoms with E-state index in [1.54, 1.807) is 20.4 Å². The lowest BCUT2D eigenvalue weighted by atomic mass is 10.1. The number of pyridine rings is 1. The monoisotopic (exact) mass is 269 g/mol. The highest BCUT2D eigenvalue weighted by atomic mass is 16.5. The highest BCUT2D eigenvalue weighted by Crippen LogP contribution is 2.28. The minimum Gasteiger partial charge on any atom is -0.364 e. The number of fused-ring (bicyclic) bond motifs is 3. The maximum absolute atomic E-state index is 11.7. The molecular weight excluding hydrogens is 254 g/mol. The Labute approximate surface area is 116 Å². The fourth-order valence-electron chi connectivity index (χ4n) is 2.47. The van der Waals surface area contributed by atoms with Crippen molar-refractivity contribution in [1.29, 1.82) is 0 Å². The van der Waals surface area contributed by atoms with Crippen LogP contribution in [0.1, 0.15) is 10.5 Å². The number of carbonyl (C=O) groups is 1. The minimum absolute atomic E-state index is 0.185. The number of benzene rings is 1. The Morgan fingerprint density at radius 2 is 2.10 bits per heavy atom. The summed E-state index contributed by atoms with van der Waals surface area (Å²) in [4.78, 5) is 15.9. The second-order valence-corrected chi connectivity index (χ2v) is 4.53. The van der Waals surface area contributed by atoms with E-state index in [1.165, 1.54) is 0 Å². The average molecular weight is 269 g/mol. The summed E-state index contributed by atoms with van der Waals surface area (Å²) in [5.74, 6) is -0.185. The van der Waals surface area contributed by atoms with Crippen molar-refractivity contribution >= 4 is 27.7 Å². The number of aromatic nitrogens is 2. The number of hydrogen-bond acceptors (Lipinski definition) is 3. The van der Waals surface area contributed by atoms with Gasteiger partial charge in [0, 0.05) is 24.9 Å². The van der Waals surface area contributed by atoms with Gasteiger partial charge in [0.25, 0.3) is 5.91 Å². The van der Waals surface area contributed by atoms with Crippen LogP contribution in [0.2, 0.25) is 0 Å². The van der Waals surface area contributed by atoms with E-state index in [0.29, 0.717) is 12.4 Å². The van der Waals surface area contributed by atoms with Gasteiger partial charge in [0.15, 0.2) is 0 Å². The summed E-state index contributed by atoms with van der Waals surface area (Å²) in [7, 11) is 3.26. The van der Waals surface area contributed by atoms with Crippen LogP contribution >= 0.6 is 0 Å². The van der Waals surface area contributed by atoms with Crippen molar-refractivity contribution in [3.63, 3.8) is 0 Å². The molecule has 0 fully saturated rings.